The molecule has 0 aliphatic carbocycles. The van der Waals surface area contributed by atoms with Gasteiger partial charge in [-0.1, -0.05) is 6.07 Å². The molecule has 3 rings (SSSR count). The molecule has 0 saturated heterocycles. The highest BCUT2D eigenvalue weighted by Crippen LogP contribution is 2.20. The maximum absolute atomic E-state index is 12.5. The number of carbonyl (C=O) groups excluding carboxylic acids is 1. The van der Waals surface area contributed by atoms with Gasteiger partial charge in [0.15, 0.2) is 0 Å². The summed E-state index contributed by atoms with van der Waals surface area (Å²) in [6.07, 6.45) is 0. The fourth-order valence-electron chi connectivity index (χ4n) is 2.44. The molecule has 144 valence electrons. The standard InChI is InChI=1S/C20H22N6O2/c1-13-8-9-18(25-24-13)28-17-7-5-6-15(11-17)19(27)21-12-16-10-14(2)22-20(23-16)26(3)4/h5-11H,12H2,1-4H3,(H,21,27). The van der Waals surface area contributed by atoms with Crippen LogP contribution in [-0.2, 0) is 6.54 Å². The molecule has 1 N–H and O–H groups in total. The number of rotatable bonds is 6. The number of benzene rings is 1. The van der Waals surface area contributed by atoms with Crippen LogP contribution in [0.1, 0.15) is 27.4 Å². The average molecular weight is 378 g/mol. The van der Waals surface area contributed by atoms with Crippen LogP contribution in [0.15, 0.2) is 42.5 Å². The first-order chi connectivity index (χ1) is 13.4. The molecule has 0 atom stereocenters. The van der Waals surface area contributed by atoms with Gasteiger partial charge in [0.05, 0.1) is 17.9 Å². The summed E-state index contributed by atoms with van der Waals surface area (Å²) in [5, 5.41) is 10.8. The van der Waals surface area contributed by atoms with Gasteiger partial charge in [-0.15, -0.1) is 5.10 Å². The fourth-order valence-corrected chi connectivity index (χ4v) is 2.44. The summed E-state index contributed by atoms with van der Waals surface area (Å²) in [5.41, 5.74) is 2.87. The van der Waals surface area contributed by atoms with Crippen LogP contribution >= 0.6 is 0 Å². The number of nitrogens with one attached hydrogen (secondary N) is 1. The van der Waals surface area contributed by atoms with Gasteiger partial charge in [-0.25, -0.2) is 9.97 Å². The van der Waals surface area contributed by atoms with E-state index in [1.165, 1.54) is 0 Å². The zero-order chi connectivity index (χ0) is 20.1. The van der Waals surface area contributed by atoms with Crippen molar-refractivity contribution in [2.75, 3.05) is 19.0 Å². The Bertz CT molecular complexity index is 973. The van der Waals surface area contributed by atoms with E-state index in [4.69, 9.17) is 4.74 Å². The maximum Gasteiger partial charge on any atom is 0.251 e. The van der Waals surface area contributed by atoms with Crippen molar-refractivity contribution in [2.45, 2.75) is 20.4 Å². The molecule has 28 heavy (non-hydrogen) atoms. The van der Waals surface area contributed by atoms with Crippen LogP contribution in [0.2, 0.25) is 0 Å². The van der Waals surface area contributed by atoms with E-state index in [1.54, 1.807) is 30.3 Å². The predicted octanol–water partition coefficient (Wildman–Crippen LogP) is 2.67. The summed E-state index contributed by atoms with van der Waals surface area (Å²) in [4.78, 5) is 23.1. The van der Waals surface area contributed by atoms with Crippen molar-refractivity contribution in [3.05, 3.63) is 65.1 Å². The van der Waals surface area contributed by atoms with E-state index in [1.807, 2.05) is 45.0 Å². The molecule has 1 amide bonds. The van der Waals surface area contributed by atoms with Gasteiger partial charge in [-0.3, -0.25) is 4.79 Å². The molecule has 1 aromatic carbocycles. The van der Waals surface area contributed by atoms with Crippen LogP contribution in [0.5, 0.6) is 11.6 Å². The lowest BCUT2D eigenvalue weighted by atomic mass is 10.2. The molecule has 0 bridgehead atoms. The lowest BCUT2D eigenvalue weighted by Crippen LogP contribution is -2.24. The SMILES string of the molecule is Cc1ccc(Oc2cccc(C(=O)NCc3cc(C)nc(N(C)C)n3)c2)nn1. The van der Waals surface area contributed by atoms with Gasteiger partial charge in [-0.2, -0.15) is 5.10 Å². The van der Waals surface area contributed by atoms with Gasteiger partial charge in [0.1, 0.15) is 5.75 Å². The minimum Gasteiger partial charge on any atom is -0.438 e. The number of nitrogens with zero attached hydrogens (tertiary/aromatic N) is 5. The first-order valence-corrected chi connectivity index (χ1v) is 8.79. The lowest BCUT2D eigenvalue weighted by molar-refractivity contribution is 0.0950. The molecular formula is C20H22N6O2. The summed E-state index contributed by atoms with van der Waals surface area (Å²) >= 11 is 0. The third kappa shape index (κ3) is 5.00. The number of hydrogen-bond acceptors (Lipinski definition) is 7. The Morgan fingerprint density at radius 3 is 2.57 bits per heavy atom. The minimum atomic E-state index is -0.219. The Morgan fingerprint density at radius 2 is 1.86 bits per heavy atom. The Balaban J connectivity index is 1.67. The summed E-state index contributed by atoms with van der Waals surface area (Å²) in [6.45, 7) is 4.05. The Hall–Kier alpha value is -3.55. The van der Waals surface area contributed by atoms with Crippen molar-refractivity contribution in [2.24, 2.45) is 0 Å². The second-order valence-corrected chi connectivity index (χ2v) is 6.52. The van der Waals surface area contributed by atoms with Crippen LogP contribution in [0, 0.1) is 13.8 Å². The largest absolute Gasteiger partial charge is 0.438 e. The van der Waals surface area contributed by atoms with Gasteiger partial charge < -0.3 is 15.0 Å². The zero-order valence-corrected chi connectivity index (χ0v) is 16.3. The Labute approximate surface area is 163 Å². The summed E-state index contributed by atoms with van der Waals surface area (Å²) in [6, 6.07) is 12.3. The van der Waals surface area contributed by atoms with E-state index in [2.05, 4.69) is 25.5 Å². The normalized spacial score (nSPS) is 10.4. The number of carbonyl (C=O) groups is 1. The second-order valence-electron chi connectivity index (χ2n) is 6.52. The van der Waals surface area contributed by atoms with Crippen LogP contribution in [0.25, 0.3) is 0 Å². The number of amides is 1. The lowest BCUT2D eigenvalue weighted by Gasteiger charge is -2.13. The van der Waals surface area contributed by atoms with Gasteiger partial charge >= 0.3 is 0 Å². The first kappa shape index (κ1) is 19.2. The number of aromatic nitrogens is 4. The van der Waals surface area contributed by atoms with E-state index in [-0.39, 0.29) is 5.91 Å². The Morgan fingerprint density at radius 1 is 1.04 bits per heavy atom. The van der Waals surface area contributed by atoms with Gasteiger partial charge in [0.25, 0.3) is 5.91 Å². The van der Waals surface area contributed by atoms with E-state index in [0.717, 1.165) is 17.1 Å². The molecule has 0 fully saturated rings. The monoisotopic (exact) mass is 378 g/mol. The van der Waals surface area contributed by atoms with E-state index in [0.29, 0.717) is 29.7 Å². The fraction of sp³-hybridized carbons (Fsp3) is 0.250. The Kier molecular flexibility index (Phi) is 5.78. The highest BCUT2D eigenvalue weighted by molar-refractivity contribution is 5.94. The molecule has 2 heterocycles. The molecule has 8 nitrogen and oxygen atoms in total. The molecular weight excluding hydrogens is 356 g/mol. The first-order valence-electron chi connectivity index (χ1n) is 8.79. The summed E-state index contributed by atoms with van der Waals surface area (Å²) < 4.78 is 5.67. The molecule has 0 unspecified atom stereocenters. The van der Waals surface area contributed by atoms with E-state index >= 15 is 0 Å². The van der Waals surface area contributed by atoms with Gasteiger partial charge in [0, 0.05) is 31.4 Å². The van der Waals surface area contributed by atoms with Crippen LogP contribution < -0.4 is 15.0 Å². The predicted molar refractivity (Wildman–Crippen MR) is 106 cm³/mol. The van der Waals surface area contributed by atoms with E-state index in [9.17, 15) is 4.79 Å². The summed E-state index contributed by atoms with van der Waals surface area (Å²) in [7, 11) is 3.75. The van der Waals surface area contributed by atoms with Crippen molar-refractivity contribution >= 4 is 11.9 Å². The molecule has 3 aromatic rings. The van der Waals surface area contributed by atoms with Gasteiger partial charge in [-0.05, 0) is 44.2 Å². The molecule has 0 aliphatic rings. The van der Waals surface area contributed by atoms with Crippen molar-refractivity contribution in [3.63, 3.8) is 0 Å². The number of ether oxygens (including phenoxy) is 1. The van der Waals surface area contributed by atoms with Crippen molar-refractivity contribution in [3.8, 4) is 11.6 Å². The highest BCUT2D eigenvalue weighted by Gasteiger charge is 2.10. The van der Waals surface area contributed by atoms with Crippen molar-refractivity contribution < 1.29 is 9.53 Å². The molecule has 2 aromatic heterocycles. The van der Waals surface area contributed by atoms with Crippen LogP contribution in [0.4, 0.5) is 5.95 Å². The van der Waals surface area contributed by atoms with Gasteiger partial charge in [0.2, 0.25) is 11.8 Å². The third-order valence-corrected chi connectivity index (χ3v) is 3.82. The second kappa shape index (κ2) is 8.43. The number of hydrogen-bond donors (Lipinski definition) is 1. The highest BCUT2D eigenvalue weighted by atomic mass is 16.5. The maximum atomic E-state index is 12.5. The third-order valence-electron chi connectivity index (χ3n) is 3.82. The topological polar surface area (TPSA) is 93.1 Å². The average Bonchev–Trinajstić information content (AvgIpc) is 2.67. The quantitative estimate of drug-likeness (QED) is 0.705. The van der Waals surface area contributed by atoms with E-state index < -0.39 is 0 Å². The number of anilines is 1. The zero-order valence-electron chi connectivity index (χ0n) is 16.3. The molecule has 0 saturated carbocycles. The molecule has 0 radical (unpaired) electrons. The molecule has 0 aliphatic heterocycles. The van der Waals surface area contributed by atoms with Crippen molar-refractivity contribution in [1.82, 2.24) is 25.5 Å². The van der Waals surface area contributed by atoms with Crippen LogP contribution in [-0.4, -0.2) is 40.2 Å². The molecule has 8 heteroatoms. The van der Waals surface area contributed by atoms with Crippen LogP contribution in [0.3, 0.4) is 0 Å². The summed E-state index contributed by atoms with van der Waals surface area (Å²) in [5.74, 6) is 1.27. The minimum absolute atomic E-state index is 0.219. The number of aryl methyl sites for hydroxylation is 2. The smallest absolute Gasteiger partial charge is 0.251 e. The van der Waals surface area contributed by atoms with Crippen molar-refractivity contribution in [1.29, 1.82) is 0 Å². The molecule has 0 spiro atoms.